The van der Waals surface area contributed by atoms with E-state index in [0.29, 0.717) is 45.6 Å². The smallest absolute Gasteiger partial charge is 0.255 e. The van der Waals surface area contributed by atoms with Crippen LogP contribution in [-0.4, -0.2) is 73.2 Å². The van der Waals surface area contributed by atoms with E-state index in [1.165, 1.54) is 22.8 Å². The lowest BCUT2D eigenvalue weighted by molar-refractivity contribution is -0.115. The summed E-state index contributed by atoms with van der Waals surface area (Å²) in [4.78, 5) is 17.7. The van der Waals surface area contributed by atoms with E-state index >= 15 is 0 Å². The van der Waals surface area contributed by atoms with Gasteiger partial charge in [0.05, 0.1) is 30.2 Å². The zero-order valence-corrected chi connectivity index (χ0v) is 14.3. The Morgan fingerprint density at radius 3 is 2.62 bits per heavy atom. The van der Waals surface area contributed by atoms with Gasteiger partial charge in [-0.1, -0.05) is 0 Å². The van der Waals surface area contributed by atoms with E-state index in [-0.39, 0.29) is 11.5 Å². The monoisotopic (exact) mass is 357 g/mol. The SMILES string of the molecule is CS(=O)(=O)N1CCOC2(CCN(C(=O)c3cncc(F)c3)CC2)C1. The number of nitrogens with zero attached hydrogens (tertiary/aromatic N) is 3. The third-order valence-electron chi connectivity index (χ3n) is 4.60. The van der Waals surface area contributed by atoms with Gasteiger partial charge in [0, 0.05) is 32.4 Å². The van der Waals surface area contributed by atoms with E-state index in [1.54, 1.807) is 4.90 Å². The van der Waals surface area contributed by atoms with Crippen molar-refractivity contribution in [1.82, 2.24) is 14.2 Å². The molecule has 0 aromatic carbocycles. The molecule has 9 heteroatoms. The Kier molecular flexibility index (Phi) is 4.58. The first-order chi connectivity index (χ1) is 11.3. The lowest BCUT2D eigenvalue weighted by atomic mass is 9.89. The number of carbonyl (C=O) groups is 1. The van der Waals surface area contributed by atoms with Crippen molar-refractivity contribution in [3.63, 3.8) is 0 Å². The maximum absolute atomic E-state index is 13.2. The van der Waals surface area contributed by atoms with E-state index in [0.717, 1.165) is 6.20 Å². The summed E-state index contributed by atoms with van der Waals surface area (Å²) in [5, 5.41) is 0. The molecule has 0 saturated carbocycles. The lowest BCUT2D eigenvalue weighted by Crippen LogP contribution is -2.58. The molecule has 2 aliphatic rings. The number of hydrogen-bond donors (Lipinski definition) is 0. The average molecular weight is 357 g/mol. The number of sulfonamides is 1. The second-order valence-corrected chi connectivity index (χ2v) is 8.29. The number of carbonyl (C=O) groups excluding carboxylic acids is 1. The first-order valence-electron chi connectivity index (χ1n) is 7.78. The Hall–Kier alpha value is -1.58. The van der Waals surface area contributed by atoms with Gasteiger partial charge < -0.3 is 9.64 Å². The van der Waals surface area contributed by atoms with Gasteiger partial charge in [-0.15, -0.1) is 0 Å². The minimum absolute atomic E-state index is 0.216. The summed E-state index contributed by atoms with van der Waals surface area (Å²) in [5.74, 6) is -0.818. The number of ether oxygens (including phenoxy) is 1. The third-order valence-corrected chi connectivity index (χ3v) is 5.85. The summed E-state index contributed by atoms with van der Waals surface area (Å²) in [7, 11) is -3.26. The normalized spacial score (nSPS) is 21.8. The van der Waals surface area contributed by atoms with Crippen LogP contribution >= 0.6 is 0 Å². The molecule has 1 aromatic heterocycles. The highest BCUT2D eigenvalue weighted by Gasteiger charge is 2.42. The molecule has 0 atom stereocenters. The maximum Gasteiger partial charge on any atom is 0.255 e. The Morgan fingerprint density at radius 1 is 1.29 bits per heavy atom. The van der Waals surface area contributed by atoms with Gasteiger partial charge >= 0.3 is 0 Å². The molecule has 1 aromatic rings. The van der Waals surface area contributed by atoms with E-state index in [1.807, 2.05) is 0 Å². The number of likely N-dealkylation sites (tertiary alicyclic amines) is 1. The van der Waals surface area contributed by atoms with Crippen molar-refractivity contribution in [2.45, 2.75) is 18.4 Å². The van der Waals surface area contributed by atoms with Gasteiger partial charge in [-0.3, -0.25) is 9.78 Å². The molecule has 1 spiro atoms. The van der Waals surface area contributed by atoms with E-state index < -0.39 is 21.4 Å². The van der Waals surface area contributed by atoms with Crippen LogP contribution in [0.2, 0.25) is 0 Å². The average Bonchev–Trinajstić information content (AvgIpc) is 2.54. The van der Waals surface area contributed by atoms with Crippen LogP contribution in [0.1, 0.15) is 23.2 Å². The second kappa shape index (κ2) is 6.38. The highest BCUT2D eigenvalue weighted by atomic mass is 32.2. The summed E-state index contributed by atoms with van der Waals surface area (Å²) in [6.07, 6.45) is 4.69. The Labute approximate surface area is 140 Å². The van der Waals surface area contributed by atoms with Crippen LogP contribution in [0.4, 0.5) is 4.39 Å². The molecule has 132 valence electrons. The number of halogens is 1. The van der Waals surface area contributed by atoms with Crippen molar-refractivity contribution < 1.29 is 22.3 Å². The van der Waals surface area contributed by atoms with Crippen LogP contribution in [0.15, 0.2) is 18.5 Å². The van der Waals surface area contributed by atoms with Crippen molar-refractivity contribution in [3.8, 4) is 0 Å². The minimum Gasteiger partial charge on any atom is -0.372 e. The standard InChI is InChI=1S/C15H20FN3O4S/c1-24(21,22)19-6-7-23-15(11-19)2-4-18(5-3-15)14(20)12-8-13(16)10-17-9-12/h8-10H,2-7,11H2,1H3. The molecule has 0 N–H and O–H groups in total. The maximum atomic E-state index is 13.2. The molecular weight excluding hydrogens is 337 g/mol. The van der Waals surface area contributed by atoms with Gasteiger partial charge in [-0.25, -0.2) is 12.8 Å². The number of piperidine rings is 1. The highest BCUT2D eigenvalue weighted by molar-refractivity contribution is 7.88. The number of pyridine rings is 1. The fourth-order valence-electron chi connectivity index (χ4n) is 3.22. The van der Waals surface area contributed by atoms with Crippen molar-refractivity contribution in [2.24, 2.45) is 0 Å². The van der Waals surface area contributed by atoms with Gasteiger partial charge in [-0.2, -0.15) is 4.31 Å². The Bertz CT molecular complexity index is 732. The molecule has 0 aliphatic carbocycles. The van der Waals surface area contributed by atoms with E-state index in [2.05, 4.69) is 4.98 Å². The molecule has 1 amide bonds. The quantitative estimate of drug-likeness (QED) is 0.770. The molecule has 3 rings (SSSR count). The zero-order valence-electron chi connectivity index (χ0n) is 13.4. The summed E-state index contributed by atoms with van der Waals surface area (Å²) in [6, 6.07) is 1.17. The van der Waals surface area contributed by atoms with Crippen LogP contribution in [0.25, 0.3) is 0 Å². The molecule has 24 heavy (non-hydrogen) atoms. The van der Waals surface area contributed by atoms with Gasteiger partial charge in [0.2, 0.25) is 10.0 Å². The molecule has 7 nitrogen and oxygen atoms in total. The fraction of sp³-hybridized carbons (Fsp3) is 0.600. The zero-order chi connectivity index (χ0) is 17.4. The van der Waals surface area contributed by atoms with Crippen molar-refractivity contribution >= 4 is 15.9 Å². The van der Waals surface area contributed by atoms with Gasteiger partial charge in [0.15, 0.2) is 0 Å². The Balaban J connectivity index is 1.66. The number of amides is 1. The molecule has 0 bridgehead atoms. The van der Waals surface area contributed by atoms with Gasteiger partial charge in [0.25, 0.3) is 5.91 Å². The minimum atomic E-state index is -3.26. The molecule has 2 aliphatic heterocycles. The second-order valence-electron chi connectivity index (χ2n) is 6.31. The number of aromatic nitrogens is 1. The molecular formula is C15H20FN3O4S. The first kappa shape index (κ1) is 17.2. The lowest BCUT2D eigenvalue weighted by Gasteiger charge is -2.46. The number of hydrogen-bond acceptors (Lipinski definition) is 5. The summed E-state index contributed by atoms with van der Waals surface area (Å²) in [5.41, 5.74) is -0.327. The molecule has 3 heterocycles. The van der Waals surface area contributed by atoms with Crippen LogP contribution in [0, 0.1) is 5.82 Å². The van der Waals surface area contributed by atoms with E-state index in [4.69, 9.17) is 4.74 Å². The van der Waals surface area contributed by atoms with Crippen LogP contribution < -0.4 is 0 Å². The van der Waals surface area contributed by atoms with Crippen LogP contribution in [-0.2, 0) is 14.8 Å². The van der Waals surface area contributed by atoms with Crippen molar-refractivity contribution in [3.05, 3.63) is 29.8 Å². The van der Waals surface area contributed by atoms with Crippen molar-refractivity contribution in [1.29, 1.82) is 0 Å². The summed E-state index contributed by atoms with van der Waals surface area (Å²) < 4.78 is 44.1. The molecule has 2 fully saturated rings. The fourth-order valence-corrected chi connectivity index (χ4v) is 4.10. The van der Waals surface area contributed by atoms with Gasteiger partial charge in [0.1, 0.15) is 5.82 Å². The van der Waals surface area contributed by atoms with Gasteiger partial charge in [-0.05, 0) is 18.9 Å². The number of rotatable bonds is 2. The number of morpholine rings is 1. The third kappa shape index (κ3) is 3.57. The van der Waals surface area contributed by atoms with E-state index in [9.17, 15) is 17.6 Å². The Morgan fingerprint density at radius 2 is 2.00 bits per heavy atom. The summed E-state index contributed by atoms with van der Waals surface area (Å²) in [6.45, 7) is 1.91. The van der Waals surface area contributed by atoms with Crippen LogP contribution in [0.3, 0.4) is 0 Å². The topological polar surface area (TPSA) is 79.8 Å². The largest absolute Gasteiger partial charge is 0.372 e. The predicted molar refractivity (Wildman–Crippen MR) is 84.4 cm³/mol. The van der Waals surface area contributed by atoms with Crippen molar-refractivity contribution in [2.75, 3.05) is 39.0 Å². The molecule has 2 saturated heterocycles. The predicted octanol–water partition coefficient (Wildman–Crippen LogP) is 0.487. The highest BCUT2D eigenvalue weighted by Crippen LogP contribution is 2.31. The first-order valence-corrected chi connectivity index (χ1v) is 9.63. The molecule has 0 unspecified atom stereocenters. The van der Waals surface area contributed by atoms with Crippen LogP contribution in [0.5, 0.6) is 0 Å². The molecule has 0 radical (unpaired) electrons. The summed E-state index contributed by atoms with van der Waals surface area (Å²) >= 11 is 0.